The molecule has 3 aromatic carbocycles. The number of Topliss-reactive ketones (excluding diaryl/α,β-unsaturated/α-hetero) is 1. The monoisotopic (exact) mass is 471 g/mol. The van der Waals surface area contributed by atoms with Gasteiger partial charge in [-0.25, -0.2) is 4.39 Å². The van der Waals surface area contributed by atoms with Crippen molar-refractivity contribution in [3.63, 3.8) is 0 Å². The third-order valence-electron chi connectivity index (χ3n) is 5.47. The number of aliphatic hydroxyl groups excluding tert-OH is 1. The van der Waals surface area contributed by atoms with Crippen LogP contribution in [0.3, 0.4) is 0 Å². The van der Waals surface area contributed by atoms with E-state index in [0.29, 0.717) is 5.56 Å². The number of alkyl halides is 3. The van der Waals surface area contributed by atoms with Gasteiger partial charge in [0.2, 0.25) is 0 Å². The summed E-state index contributed by atoms with van der Waals surface area (Å²) in [5.41, 5.74) is -0.652. The van der Waals surface area contributed by atoms with E-state index in [0.717, 1.165) is 29.2 Å². The number of nitrogens with zero attached hydrogens (tertiary/aromatic N) is 1. The fourth-order valence-electron chi connectivity index (χ4n) is 3.85. The van der Waals surface area contributed by atoms with Gasteiger partial charge in [0.1, 0.15) is 17.3 Å². The Bertz CT molecular complexity index is 1280. The van der Waals surface area contributed by atoms with Crippen molar-refractivity contribution in [2.45, 2.75) is 18.8 Å². The number of carbonyl (C=O) groups excluding carboxylic acids is 2. The second kappa shape index (κ2) is 8.66. The van der Waals surface area contributed by atoms with E-state index in [2.05, 4.69) is 0 Å². The molecule has 2 N–H and O–H groups in total. The number of halogens is 4. The molecule has 1 aliphatic heterocycles. The van der Waals surface area contributed by atoms with Gasteiger partial charge in [-0.1, -0.05) is 24.3 Å². The largest absolute Gasteiger partial charge is 0.508 e. The Morgan fingerprint density at radius 1 is 0.941 bits per heavy atom. The summed E-state index contributed by atoms with van der Waals surface area (Å²) < 4.78 is 52.8. The first kappa shape index (κ1) is 23.0. The highest BCUT2D eigenvalue weighted by molar-refractivity contribution is 6.46. The summed E-state index contributed by atoms with van der Waals surface area (Å²) in [6.45, 7) is -0.347. The first-order chi connectivity index (χ1) is 16.1. The van der Waals surface area contributed by atoms with Crippen LogP contribution in [0.4, 0.5) is 17.6 Å². The number of carbonyl (C=O) groups is 2. The van der Waals surface area contributed by atoms with Crippen molar-refractivity contribution in [1.29, 1.82) is 0 Å². The average molecular weight is 471 g/mol. The molecule has 34 heavy (non-hydrogen) atoms. The maximum atomic E-state index is 13.3. The lowest BCUT2D eigenvalue weighted by Crippen LogP contribution is -2.29. The molecule has 4 rings (SSSR count). The van der Waals surface area contributed by atoms with Crippen LogP contribution in [0.1, 0.15) is 28.3 Å². The molecule has 1 atom stereocenters. The summed E-state index contributed by atoms with van der Waals surface area (Å²) in [5.74, 6) is -3.26. The highest BCUT2D eigenvalue weighted by atomic mass is 19.4. The van der Waals surface area contributed by atoms with Crippen LogP contribution in [0.5, 0.6) is 5.75 Å². The van der Waals surface area contributed by atoms with Crippen LogP contribution in [0, 0.1) is 5.82 Å². The van der Waals surface area contributed by atoms with Gasteiger partial charge in [-0.05, 0) is 59.7 Å². The molecule has 5 nitrogen and oxygen atoms in total. The summed E-state index contributed by atoms with van der Waals surface area (Å²) in [6, 6.07) is 13.3. The average Bonchev–Trinajstić information content (AvgIpc) is 3.04. The van der Waals surface area contributed by atoms with Crippen molar-refractivity contribution < 1.29 is 37.4 Å². The lowest BCUT2D eigenvalue weighted by atomic mass is 9.95. The van der Waals surface area contributed by atoms with E-state index in [1.807, 2.05) is 0 Å². The number of phenols is 1. The zero-order valence-corrected chi connectivity index (χ0v) is 17.4. The zero-order chi connectivity index (χ0) is 24.6. The predicted molar refractivity (Wildman–Crippen MR) is 114 cm³/mol. The van der Waals surface area contributed by atoms with E-state index in [1.54, 1.807) is 0 Å². The Hall–Kier alpha value is -4.14. The van der Waals surface area contributed by atoms with Crippen LogP contribution >= 0.6 is 0 Å². The fraction of sp³-hybridized carbons (Fsp3) is 0.120. The third kappa shape index (κ3) is 4.36. The number of rotatable bonds is 4. The van der Waals surface area contributed by atoms with E-state index in [1.165, 1.54) is 48.5 Å². The first-order valence-corrected chi connectivity index (χ1v) is 10.1. The minimum atomic E-state index is -4.59. The molecule has 0 radical (unpaired) electrons. The van der Waals surface area contributed by atoms with Gasteiger partial charge in [0.15, 0.2) is 0 Å². The van der Waals surface area contributed by atoms with E-state index >= 15 is 0 Å². The van der Waals surface area contributed by atoms with E-state index in [9.17, 15) is 37.4 Å². The molecule has 1 saturated heterocycles. The molecule has 0 aromatic heterocycles. The summed E-state index contributed by atoms with van der Waals surface area (Å²) in [6.07, 6.45) is -4.59. The predicted octanol–water partition coefficient (Wildman–Crippen LogP) is 5.17. The van der Waals surface area contributed by atoms with Crippen molar-refractivity contribution in [2.24, 2.45) is 0 Å². The van der Waals surface area contributed by atoms with E-state index in [-0.39, 0.29) is 29.0 Å². The van der Waals surface area contributed by atoms with Gasteiger partial charge in [0.05, 0.1) is 17.2 Å². The van der Waals surface area contributed by atoms with Crippen LogP contribution < -0.4 is 0 Å². The lowest BCUT2D eigenvalue weighted by Gasteiger charge is -2.25. The molecule has 3 aromatic rings. The maximum absolute atomic E-state index is 13.3. The Kier molecular flexibility index (Phi) is 5.87. The first-order valence-electron chi connectivity index (χ1n) is 10.1. The SMILES string of the molecule is O=C1C(=O)N(Cc2cccc(C(F)(F)F)c2)C(c2ccc(O)cc2)/C1=C(\O)c1ccc(F)cc1. The number of benzene rings is 3. The Labute approximate surface area is 191 Å². The van der Waals surface area contributed by atoms with Crippen molar-refractivity contribution in [3.05, 3.63) is 106 Å². The smallest absolute Gasteiger partial charge is 0.416 e. The molecule has 0 spiro atoms. The fourth-order valence-corrected chi connectivity index (χ4v) is 3.85. The topological polar surface area (TPSA) is 77.8 Å². The number of amides is 1. The molecule has 0 bridgehead atoms. The summed E-state index contributed by atoms with van der Waals surface area (Å²) in [7, 11) is 0. The Morgan fingerprint density at radius 3 is 2.21 bits per heavy atom. The molecule has 1 amide bonds. The van der Waals surface area contributed by atoms with E-state index < -0.39 is 41.0 Å². The maximum Gasteiger partial charge on any atom is 0.416 e. The molecule has 1 aliphatic rings. The molecular formula is C25H17F4NO4. The van der Waals surface area contributed by atoms with Gasteiger partial charge in [0.25, 0.3) is 11.7 Å². The molecule has 1 heterocycles. The lowest BCUT2D eigenvalue weighted by molar-refractivity contribution is -0.140. The molecule has 0 saturated carbocycles. The van der Waals surface area contributed by atoms with Crippen LogP contribution in [0.25, 0.3) is 5.76 Å². The number of hydrogen-bond donors (Lipinski definition) is 2. The number of hydrogen-bond acceptors (Lipinski definition) is 4. The molecule has 174 valence electrons. The number of aromatic hydroxyl groups is 1. The van der Waals surface area contributed by atoms with Gasteiger partial charge >= 0.3 is 6.18 Å². The summed E-state index contributed by atoms with van der Waals surface area (Å²) >= 11 is 0. The minimum Gasteiger partial charge on any atom is -0.508 e. The van der Waals surface area contributed by atoms with Crippen molar-refractivity contribution in [2.75, 3.05) is 0 Å². The number of phenolic OH excluding ortho intramolecular Hbond substituents is 1. The number of likely N-dealkylation sites (tertiary alicyclic amines) is 1. The second-order valence-corrected chi connectivity index (χ2v) is 7.72. The Morgan fingerprint density at radius 2 is 1.59 bits per heavy atom. The van der Waals surface area contributed by atoms with E-state index in [4.69, 9.17) is 0 Å². The molecule has 1 unspecified atom stereocenters. The molecule has 0 aliphatic carbocycles. The highest BCUT2D eigenvalue weighted by Crippen LogP contribution is 2.41. The van der Waals surface area contributed by atoms with Crippen molar-refractivity contribution >= 4 is 17.4 Å². The second-order valence-electron chi connectivity index (χ2n) is 7.72. The number of aliphatic hydroxyl groups is 1. The number of ketones is 1. The highest BCUT2D eigenvalue weighted by Gasteiger charge is 2.46. The molecule has 1 fully saturated rings. The summed E-state index contributed by atoms with van der Waals surface area (Å²) in [4.78, 5) is 26.9. The minimum absolute atomic E-state index is 0.0854. The van der Waals surface area contributed by atoms with Crippen LogP contribution in [-0.4, -0.2) is 26.8 Å². The third-order valence-corrected chi connectivity index (χ3v) is 5.47. The van der Waals surface area contributed by atoms with Gasteiger partial charge < -0.3 is 15.1 Å². The van der Waals surface area contributed by atoms with Crippen molar-refractivity contribution in [1.82, 2.24) is 4.90 Å². The van der Waals surface area contributed by atoms with Crippen LogP contribution in [0.15, 0.2) is 78.4 Å². The van der Waals surface area contributed by atoms with Gasteiger partial charge in [-0.3, -0.25) is 9.59 Å². The van der Waals surface area contributed by atoms with Crippen molar-refractivity contribution in [3.8, 4) is 5.75 Å². The van der Waals surface area contributed by atoms with Gasteiger partial charge in [-0.2, -0.15) is 13.2 Å². The quantitative estimate of drug-likeness (QED) is 0.238. The summed E-state index contributed by atoms with van der Waals surface area (Å²) in [5, 5.41) is 20.5. The van der Waals surface area contributed by atoms with Crippen LogP contribution in [0.2, 0.25) is 0 Å². The molecular weight excluding hydrogens is 454 g/mol. The van der Waals surface area contributed by atoms with Crippen LogP contribution in [-0.2, 0) is 22.3 Å². The van der Waals surface area contributed by atoms with Gasteiger partial charge in [-0.15, -0.1) is 0 Å². The standard InChI is InChI=1S/C25H17F4NO4/c26-18-8-4-16(5-9-18)22(32)20-21(15-6-10-19(31)11-7-15)30(24(34)23(20)33)13-14-2-1-3-17(12-14)25(27,28)29/h1-12,21,31-32H,13H2/b22-20+. The molecule has 9 heteroatoms. The van der Waals surface area contributed by atoms with Gasteiger partial charge in [0, 0.05) is 12.1 Å². The normalized spacial score (nSPS) is 17.9. The Balaban J connectivity index is 1.83. The zero-order valence-electron chi connectivity index (χ0n) is 17.4.